The summed E-state index contributed by atoms with van der Waals surface area (Å²) in [4.78, 5) is 23.6. The van der Waals surface area contributed by atoms with E-state index in [1.807, 2.05) is 13.8 Å². The molecule has 2 fully saturated rings. The third-order valence-corrected chi connectivity index (χ3v) is 5.94. The molecule has 2 bridgehead atoms. The van der Waals surface area contributed by atoms with Crippen molar-refractivity contribution in [1.29, 1.82) is 0 Å². The number of ketones is 1. The third kappa shape index (κ3) is 0.978. The highest BCUT2D eigenvalue weighted by Gasteiger charge is 2.67. The van der Waals surface area contributed by atoms with Gasteiger partial charge in [0.25, 0.3) is 0 Å². The molecule has 1 heterocycles. The molecule has 3 atom stereocenters. The Labute approximate surface area is 96.7 Å². The van der Waals surface area contributed by atoms with E-state index in [1.165, 1.54) is 0 Å². The lowest BCUT2D eigenvalue weighted by Crippen LogP contribution is -2.49. The standard InChI is InChI=1S/C10H13IO3/c1-3-10-6(12)4-5-9(2,7(10)11)14-8(10)13/h7H,3-5H2,1-2H3/t7-,9+,10-/m0/s1. The van der Waals surface area contributed by atoms with Gasteiger partial charge in [0.2, 0.25) is 0 Å². The summed E-state index contributed by atoms with van der Waals surface area (Å²) < 4.78 is 5.37. The molecule has 4 heteroatoms. The Morgan fingerprint density at radius 2 is 2.21 bits per heavy atom. The predicted octanol–water partition coefficient (Wildman–Crippen LogP) is 1.86. The highest BCUT2D eigenvalue weighted by molar-refractivity contribution is 14.1. The molecule has 3 nitrogen and oxygen atoms in total. The fourth-order valence-corrected chi connectivity index (χ4v) is 4.00. The number of carbonyl (C=O) groups excluding carboxylic acids is 2. The van der Waals surface area contributed by atoms with Crippen LogP contribution in [0.2, 0.25) is 0 Å². The van der Waals surface area contributed by atoms with Crippen molar-refractivity contribution in [3.63, 3.8) is 0 Å². The van der Waals surface area contributed by atoms with E-state index in [-0.39, 0.29) is 15.7 Å². The molecule has 78 valence electrons. The fourth-order valence-electron chi connectivity index (χ4n) is 2.52. The van der Waals surface area contributed by atoms with Crippen LogP contribution in [0.5, 0.6) is 0 Å². The van der Waals surface area contributed by atoms with Crippen LogP contribution in [0.4, 0.5) is 0 Å². The largest absolute Gasteiger partial charge is 0.457 e. The van der Waals surface area contributed by atoms with E-state index in [0.29, 0.717) is 19.3 Å². The summed E-state index contributed by atoms with van der Waals surface area (Å²) in [5, 5.41) is 0. The lowest BCUT2D eigenvalue weighted by molar-refractivity contribution is -0.153. The Morgan fingerprint density at radius 1 is 1.57 bits per heavy atom. The molecule has 2 aliphatic rings. The zero-order chi connectivity index (χ0) is 10.6. The van der Waals surface area contributed by atoms with Crippen LogP contribution >= 0.6 is 22.6 Å². The average molecular weight is 308 g/mol. The van der Waals surface area contributed by atoms with Gasteiger partial charge in [-0.05, 0) is 19.8 Å². The quantitative estimate of drug-likeness (QED) is 0.321. The Kier molecular flexibility index (Phi) is 2.18. The maximum Gasteiger partial charge on any atom is 0.321 e. The molecule has 14 heavy (non-hydrogen) atoms. The minimum absolute atomic E-state index is 0.00801. The van der Waals surface area contributed by atoms with E-state index >= 15 is 0 Å². The summed E-state index contributed by atoms with van der Waals surface area (Å²) in [5.74, 6) is -0.233. The molecule has 0 spiro atoms. The molecule has 1 saturated carbocycles. The maximum atomic E-state index is 11.9. The average Bonchev–Trinajstić information content (AvgIpc) is 2.26. The van der Waals surface area contributed by atoms with Crippen molar-refractivity contribution in [3.05, 3.63) is 0 Å². The predicted molar refractivity (Wildman–Crippen MR) is 59.3 cm³/mol. The molecule has 1 aliphatic heterocycles. The Morgan fingerprint density at radius 3 is 2.71 bits per heavy atom. The first-order chi connectivity index (χ1) is 6.47. The molecule has 0 amide bonds. The zero-order valence-corrected chi connectivity index (χ0v) is 10.5. The van der Waals surface area contributed by atoms with Crippen molar-refractivity contribution in [2.24, 2.45) is 5.41 Å². The first-order valence-electron chi connectivity index (χ1n) is 4.88. The number of hydrogen-bond acceptors (Lipinski definition) is 3. The van der Waals surface area contributed by atoms with Gasteiger partial charge in [-0.2, -0.15) is 0 Å². The number of hydrogen-bond donors (Lipinski definition) is 0. The second-order valence-corrected chi connectivity index (χ2v) is 5.56. The molecule has 2 rings (SSSR count). The highest BCUT2D eigenvalue weighted by atomic mass is 127. The van der Waals surface area contributed by atoms with E-state index in [4.69, 9.17) is 4.74 Å². The van der Waals surface area contributed by atoms with Crippen molar-refractivity contribution >= 4 is 34.3 Å². The number of Topliss-reactive ketones (excluding diaryl/α,β-unsaturated/α-hetero) is 1. The Hall–Kier alpha value is -0.130. The van der Waals surface area contributed by atoms with Crippen LogP contribution in [-0.4, -0.2) is 21.3 Å². The van der Waals surface area contributed by atoms with Gasteiger partial charge in [-0.3, -0.25) is 9.59 Å². The van der Waals surface area contributed by atoms with Crippen LogP contribution < -0.4 is 0 Å². The zero-order valence-electron chi connectivity index (χ0n) is 8.30. The molecule has 0 unspecified atom stereocenters. The second kappa shape index (κ2) is 2.93. The highest BCUT2D eigenvalue weighted by Crippen LogP contribution is 2.54. The molecule has 1 saturated heterocycles. The van der Waals surface area contributed by atoms with Crippen LogP contribution in [-0.2, 0) is 14.3 Å². The van der Waals surface area contributed by atoms with Crippen LogP contribution in [0.1, 0.15) is 33.1 Å². The van der Waals surface area contributed by atoms with Gasteiger partial charge in [0.15, 0.2) is 5.78 Å². The summed E-state index contributed by atoms with van der Waals surface area (Å²) in [6, 6.07) is 0. The summed E-state index contributed by atoms with van der Waals surface area (Å²) in [5.41, 5.74) is -1.25. The summed E-state index contributed by atoms with van der Waals surface area (Å²) in [6.07, 6.45) is 1.72. The molecule has 0 aromatic rings. The molecule has 1 aliphatic carbocycles. The van der Waals surface area contributed by atoms with Gasteiger partial charge >= 0.3 is 5.97 Å². The summed E-state index contributed by atoms with van der Waals surface area (Å²) in [6.45, 7) is 3.83. The van der Waals surface area contributed by atoms with E-state index in [1.54, 1.807) is 0 Å². The molecule has 0 radical (unpaired) electrons. The van der Waals surface area contributed by atoms with Gasteiger partial charge in [0.05, 0.1) is 3.92 Å². The summed E-state index contributed by atoms with van der Waals surface area (Å²) >= 11 is 2.20. The van der Waals surface area contributed by atoms with E-state index in [9.17, 15) is 9.59 Å². The second-order valence-electron chi connectivity index (χ2n) is 4.31. The van der Waals surface area contributed by atoms with E-state index < -0.39 is 11.0 Å². The molecular weight excluding hydrogens is 295 g/mol. The van der Waals surface area contributed by atoms with Gasteiger partial charge in [0, 0.05) is 6.42 Å². The summed E-state index contributed by atoms with van der Waals surface area (Å²) in [7, 11) is 0. The first-order valence-corrected chi connectivity index (χ1v) is 6.13. The van der Waals surface area contributed by atoms with Crippen LogP contribution in [0.3, 0.4) is 0 Å². The minimum atomic E-state index is -0.840. The van der Waals surface area contributed by atoms with E-state index in [0.717, 1.165) is 0 Å². The number of carbonyl (C=O) groups is 2. The number of rotatable bonds is 1. The van der Waals surface area contributed by atoms with Crippen molar-refractivity contribution in [2.45, 2.75) is 42.6 Å². The number of esters is 1. The van der Waals surface area contributed by atoms with Crippen molar-refractivity contribution < 1.29 is 14.3 Å². The third-order valence-electron chi connectivity index (χ3n) is 3.56. The maximum absolute atomic E-state index is 11.9. The van der Waals surface area contributed by atoms with Gasteiger partial charge < -0.3 is 4.74 Å². The number of ether oxygens (including phenoxy) is 1. The van der Waals surface area contributed by atoms with Crippen molar-refractivity contribution in [3.8, 4) is 0 Å². The van der Waals surface area contributed by atoms with Crippen molar-refractivity contribution in [2.75, 3.05) is 0 Å². The van der Waals surface area contributed by atoms with Crippen LogP contribution in [0.25, 0.3) is 0 Å². The lowest BCUT2D eigenvalue weighted by Gasteiger charge is -2.36. The smallest absolute Gasteiger partial charge is 0.321 e. The van der Waals surface area contributed by atoms with Gasteiger partial charge in [-0.15, -0.1) is 0 Å². The van der Waals surface area contributed by atoms with Crippen LogP contribution in [0, 0.1) is 5.41 Å². The van der Waals surface area contributed by atoms with Crippen molar-refractivity contribution in [1.82, 2.24) is 0 Å². The number of alkyl halides is 1. The monoisotopic (exact) mass is 308 g/mol. The normalized spacial score (nSPS) is 46.6. The van der Waals surface area contributed by atoms with Gasteiger partial charge in [0.1, 0.15) is 11.0 Å². The Bertz CT molecular complexity index is 314. The topological polar surface area (TPSA) is 43.4 Å². The SMILES string of the molecule is CC[C@@]12C(=O)CC[C@@](C)(OC1=O)[C@@H]2I. The fraction of sp³-hybridized carbons (Fsp3) is 0.800. The first kappa shape index (κ1) is 10.4. The van der Waals surface area contributed by atoms with Crippen LogP contribution in [0.15, 0.2) is 0 Å². The molecular formula is C10H13IO3. The Balaban J connectivity index is 2.53. The molecule has 0 aromatic heterocycles. The molecule has 0 N–H and O–H groups in total. The minimum Gasteiger partial charge on any atom is -0.457 e. The number of fused-ring (bicyclic) bond motifs is 2. The number of halogens is 1. The van der Waals surface area contributed by atoms with E-state index in [2.05, 4.69) is 22.6 Å². The lowest BCUT2D eigenvalue weighted by atomic mass is 9.68. The molecule has 0 aromatic carbocycles. The van der Waals surface area contributed by atoms with Gasteiger partial charge in [-0.25, -0.2) is 0 Å². The van der Waals surface area contributed by atoms with Gasteiger partial charge in [-0.1, -0.05) is 29.5 Å².